The van der Waals surface area contributed by atoms with E-state index < -0.39 is 10.0 Å². The molecule has 1 aromatic heterocycles. The largest absolute Gasteiger partial charge is 0.299 e. The summed E-state index contributed by atoms with van der Waals surface area (Å²) in [5.74, 6) is 0. The van der Waals surface area contributed by atoms with Crippen LogP contribution >= 0.6 is 0 Å². The lowest BCUT2D eigenvalue weighted by Crippen LogP contribution is -2.45. The second-order valence-corrected chi connectivity index (χ2v) is 7.37. The lowest BCUT2D eigenvalue weighted by atomic mass is 10.0. The highest BCUT2D eigenvalue weighted by Gasteiger charge is 2.20. The summed E-state index contributed by atoms with van der Waals surface area (Å²) in [6.07, 6.45) is 3.73. The quantitative estimate of drug-likeness (QED) is 0.756. The Morgan fingerprint density at radius 3 is 2.38 bits per heavy atom. The van der Waals surface area contributed by atoms with Crippen molar-refractivity contribution in [1.29, 1.82) is 0 Å². The third-order valence-corrected chi connectivity index (χ3v) is 5.51. The average molecular weight is 347 g/mol. The predicted octanol–water partition coefficient (Wildman–Crippen LogP) is 2.31. The van der Waals surface area contributed by atoms with Crippen LogP contribution in [0.1, 0.15) is 19.4 Å². The van der Waals surface area contributed by atoms with Crippen molar-refractivity contribution in [3.63, 3.8) is 0 Å². The van der Waals surface area contributed by atoms with Crippen molar-refractivity contribution in [3.8, 4) is 0 Å². The second kappa shape index (κ2) is 8.92. The van der Waals surface area contributed by atoms with Crippen LogP contribution in [0.2, 0.25) is 0 Å². The molecule has 6 heteroatoms. The Kier molecular flexibility index (Phi) is 6.90. The number of likely N-dealkylation sites (N-methyl/N-ethyl adjacent to an activating group) is 1. The lowest BCUT2D eigenvalue weighted by Gasteiger charge is -2.30. The third kappa shape index (κ3) is 5.12. The van der Waals surface area contributed by atoms with Gasteiger partial charge in [0.15, 0.2) is 0 Å². The number of rotatable bonds is 9. The molecule has 5 nitrogen and oxygen atoms in total. The van der Waals surface area contributed by atoms with Gasteiger partial charge in [0.25, 0.3) is 0 Å². The van der Waals surface area contributed by atoms with Crippen molar-refractivity contribution in [2.45, 2.75) is 31.2 Å². The molecule has 0 aliphatic heterocycles. The minimum absolute atomic E-state index is 0.105. The summed E-state index contributed by atoms with van der Waals surface area (Å²) >= 11 is 0. The van der Waals surface area contributed by atoms with Gasteiger partial charge < -0.3 is 0 Å². The van der Waals surface area contributed by atoms with Gasteiger partial charge in [0.05, 0.1) is 0 Å². The van der Waals surface area contributed by atoms with E-state index in [1.54, 1.807) is 18.3 Å². The van der Waals surface area contributed by atoms with Crippen LogP contribution in [-0.2, 0) is 16.4 Å². The molecule has 1 heterocycles. The Labute approximate surface area is 144 Å². The number of sulfonamides is 1. The van der Waals surface area contributed by atoms with E-state index in [4.69, 9.17) is 0 Å². The molecule has 0 aliphatic rings. The van der Waals surface area contributed by atoms with E-state index in [9.17, 15) is 8.42 Å². The predicted molar refractivity (Wildman–Crippen MR) is 96.3 cm³/mol. The molecule has 1 aromatic carbocycles. The molecule has 130 valence electrons. The standard InChI is InChI=1S/C18H25N3O2S/c1-3-21(4-2)17(13-16-9-6-5-7-10-16)14-20-24(22,23)18-11-8-12-19-15-18/h5-12,15,17,20H,3-4,13-14H2,1-2H3/t17-/m0/s1. The van der Waals surface area contributed by atoms with Crippen molar-refractivity contribution >= 4 is 10.0 Å². The van der Waals surface area contributed by atoms with Gasteiger partial charge >= 0.3 is 0 Å². The summed E-state index contributed by atoms with van der Waals surface area (Å²) in [7, 11) is -3.54. The maximum Gasteiger partial charge on any atom is 0.242 e. The van der Waals surface area contributed by atoms with E-state index in [2.05, 4.69) is 40.6 Å². The van der Waals surface area contributed by atoms with Crippen LogP contribution < -0.4 is 4.72 Å². The van der Waals surface area contributed by atoms with Gasteiger partial charge in [0, 0.05) is 25.0 Å². The molecule has 0 amide bonds. The van der Waals surface area contributed by atoms with Gasteiger partial charge in [0.2, 0.25) is 10.0 Å². The Morgan fingerprint density at radius 1 is 1.08 bits per heavy atom. The normalized spacial score (nSPS) is 13.1. The molecule has 2 aromatic rings. The summed E-state index contributed by atoms with van der Waals surface area (Å²) in [6, 6.07) is 13.4. The molecule has 0 spiro atoms. The fourth-order valence-electron chi connectivity index (χ4n) is 2.75. The topological polar surface area (TPSA) is 62.3 Å². The summed E-state index contributed by atoms with van der Waals surface area (Å²) in [6.45, 7) is 6.31. The van der Waals surface area contributed by atoms with E-state index in [1.807, 2.05) is 18.2 Å². The van der Waals surface area contributed by atoms with E-state index in [-0.39, 0.29) is 10.9 Å². The van der Waals surface area contributed by atoms with Crippen molar-refractivity contribution in [1.82, 2.24) is 14.6 Å². The van der Waals surface area contributed by atoms with Gasteiger partial charge in [-0.15, -0.1) is 0 Å². The molecule has 0 fully saturated rings. The summed E-state index contributed by atoms with van der Waals surface area (Å²) < 4.78 is 27.6. The van der Waals surface area contributed by atoms with Gasteiger partial charge in [-0.3, -0.25) is 9.88 Å². The monoisotopic (exact) mass is 347 g/mol. The summed E-state index contributed by atoms with van der Waals surface area (Å²) in [5.41, 5.74) is 1.20. The van der Waals surface area contributed by atoms with Crippen LogP contribution in [0.5, 0.6) is 0 Å². The van der Waals surface area contributed by atoms with Crippen LogP contribution in [0.25, 0.3) is 0 Å². The van der Waals surface area contributed by atoms with Crippen LogP contribution in [0.3, 0.4) is 0 Å². The molecule has 24 heavy (non-hydrogen) atoms. The van der Waals surface area contributed by atoms with Gasteiger partial charge in [0.1, 0.15) is 4.90 Å². The number of nitrogens with zero attached hydrogens (tertiary/aromatic N) is 2. The molecule has 1 N–H and O–H groups in total. The molecule has 0 radical (unpaired) electrons. The van der Waals surface area contributed by atoms with Crippen molar-refractivity contribution in [2.24, 2.45) is 0 Å². The summed E-state index contributed by atoms with van der Waals surface area (Å²) in [5, 5.41) is 0. The fraction of sp³-hybridized carbons (Fsp3) is 0.389. The molecule has 0 saturated carbocycles. The maximum atomic E-state index is 12.4. The molecule has 1 atom stereocenters. The lowest BCUT2D eigenvalue weighted by molar-refractivity contribution is 0.216. The highest BCUT2D eigenvalue weighted by Crippen LogP contribution is 2.11. The molecule has 2 rings (SSSR count). The van der Waals surface area contributed by atoms with Crippen molar-refractivity contribution in [3.05, 3.63) is 60.4 Å². The number of hydrogen-bond donors (Lipinski definition) is 1. The van der Waals surface area contributed by atoms with Crippen LogP contribution in [0.4, 0.5) is 0 Å². The maximum absolute atomic E-state index is 12.4. The zero-order valence-electron chi connectivity index (χ0n) is 14.2. The van der Waals surface area contributed by atoms with E-state index >= 15 is 0 Å². The van der Waals surface area contributed by atoms with Crippen LogP contribution in [-0.4, -0.2) is 44.0 Å². The number of pyridine rings is 1. The number of nitrogens with one attached hydrogen (secondary N) is 1. The van der Waals surface area contributed by atoms with Crippen LogP contribution in [0.15, 0.2) is 59.8 Å². The Bertz CT molecular complexity index is 702. The molecule has 0 aliphatic carbocycles. The number of hydrogen-bond acceptors (Lipinski definition) is 4. The van der Waals surface area contributed by atoms with Crippen LogP contribution in [0, 0.1) is 0 Å². The van der Waals surface area contributed by atoms with E-state index in [0.717, 1.165) is 19.5 Å². The molecule has 0 unspecified atom stereocenters. The Hall–Kier alpha value is -1.76. The first-order valence-electron chi connectivity index (χ1n) is 8.24. The highest BCUT2D eigenvalue weighted by atomic mass is 32.2. The van der Waals surface area contributed by atoms with E-state index in [1.165, 1.54) is 11.8 Å². The number of benzene rings is 1. The first kappa shape index (κ1) is 18.6. The van der Waals surface area contributed by atoms with Gasteiger partial charge in [-0.25, -0.2) is 13.1 Å². The number of aromatic nitrogens is 1. The van der Waals surface area contributed by atoms with Crippen molar-refractivity contribution < 1.29 is 8.42 Å². The molecular formula is C18H25N3O2S. The highest BCUT2D eigenvalue weighted by molar-refractivity contribution is 7.89. The summed E-state index contributed by atoms with van der Waals surface area (Å²) in [4.78, 5) is 6.36. The van der Waals surface area contributed by atoms with Gasteiger partial charge in [-0.2, -0.15) is 0 Å². The van der Waals surface area contributed by atoms with Crippen molar-refractivity contribution in [2.75, 3.05) is 19.6 Å². The van der Waals surface area contributed by atoms with Gasteiger partial charge in [-0.05, 0) is 37.2 Å². The molecule has 0 bridgehead atoms. The third-order valence-electron chi connectivity index (χ3n) is 4.10. The zero-order chi connectivity index (χ0) is 17.4. The molecule has 0 saturated heterocycles. The second-order valence-electron chi connectivity index (χ2n) is 5.61. The first-order valence-corrected chi connectivity index (χ1v) is 9.72. The van der Waals surface area contributed by atoms with Gasteiger partial charge in [-0.1, -0.05) is 44.2 Å². The average Bonchev–Trinajstić information content (AvgIpc) is 2.62. The van der Waals surface area contributed by atoms with E-state index in [0.29, 0.717) is 6.54 Å². The zero-order valence-corrected chi connectivity index (χ0v) is 15.0. The fourth-order valence-corrected chi connectivity index (χ4v) is 3.79. The smallest absolute Gasteiger partial charge is 0.242 e. The molecular weight excluding hydrogens is 322 g/mol. The Morgan fingerprint density at radius 2 is 1.79 bits per heavy atom. The minimum Gasteiger partial charge on any atom is -0.299 e. The first-order chi connectivity index (χ1) is 11.6. The SMILES string of the molecule is CCN(CC)[C@H](CNS(=O)(=O)c1cccnc1)Cc1ccccc1. The minimum atomic E-state index is -3.54. The Balaban J connectivity index is 2.10.